The maximum atomic E-state index is 12.8. The van der Waals surface area contributed by atoms with Gasteiger partial charge in [-0.2, -0.15) is 0 Å². The summed E-state index contributed by atoms with van der Waals surface area (Å²) < 4.78 is 5.12. The molecule has 134 valence electrons. The number of nitrogens with one attached hydrogen (secondary N) is 1. The van der Waals surface area contributed by atoms with Gasteiger partial charge in [-0.1, -0.05) is 11.6 Å². The van der Waals surface area contributed by atoms with E-state index in [1.165, 1.54) is 6.20 Å². The van der Waals surface area contributed by atoms with Gasteiger partial charge < -0.3 is 14.6 Å². The van der Waals surface area contributed by atoms with E-state index >= 15 is 0 Å². The van der Waals surface area contributed by atoms with Crippen LogP contribution in [0.4, 0.5) is 0 Å². The number of benzene rings is 1. The first-order valence-electron chi connectivity index (χ1n) is 8.39. The fourth-order valence-electron chi connectivity index (χ4n) is 2.82. The molecule has 1 amide bonds. The Morgan fingerprint density at radius 1 is 1.27 bits per heavy atom. The van der Waals surface area contributed by atoms with E-state index in [2.05, 4.69) is 9.97 Å². The van der Waals surface area contributed by atoms with Crippen LogP contribution in [-0.2, 0) is 11.3 Å². The molecule has 0 aliphatic carbocycles. The molecular formula is C20H21N3O3. The number of hydrogen-bond acceptors (Lipinski definition) is 4. The van der Waals surface area contributed by atoms with Crippen molar-refractivity contribution in [3.63, 3.8) is 0 Å². The van der Waals surface area contributed by atoms with E-state index < -0.39 is 0 Å². The first-order chi connectivity index (χ1) is 12.6. The van der Waals surface area contributed by atoms with Crippen LogP contribution in [0.15, 0.2) is 53.6 Å². The lowest BCUT2D eigenvalue weighted by Crippen LogP contribution is -2.35. The SMILES string of the molecule is COCCN(Cc1cc2cc(C)ccc2[nH]c1=O)C(=O)c1cccnc1. The summed E-state index contributed by atoms with van der Waals surface area (Å²) in [4.78, 5) is 33.7. The van der Waals surface area contributed by atoms with Crippen molar-refractivity contribution in [1.82, 2.24) is 14.9 Å². The van der Waals surface area contributed by atoms with Crippen LogP contribution in [0, 0.1) is 6.92 Å². The highest BCUT2D eigenvalue weighted by atomic mass is 16.5. The van der Waals surface area contributed by atoms with Crippen LogP contribution in [0.5, 0.6) is 0 Å². The predicted octanol–water partition coefficient (Wildman–Crippen LogP) is 2.52. The third-order valence-corrected chi connectivity index (χ3v) is 4.20. The maximum absolute atomic E-state index is 12.8. The van der Waals surface area contributed by atoms with Crippen LogP contribution in [0.1, 0.15) is 21.5 Å². The summed E-state index contributed by atoms with van der Waals surface area (Å²) in [5, 5.41) is 0.945. The Labute approximate surface area is 151 Å². The molecular weight excluding hydrogens is 330 g/mol. The lowest BCUT2D eigenvalue weighted by molar-refractivity contribution is 0.0679. The van der Waals surface area contributed by atoms with Crippen LogP contribution >= 0.6 is 0 Å². The quantitative estimate of drug-likeness (QED) is 0.740. The second-order valence-electron chi connectivity index (χ2n) is 6.18. The highest BCUT2D eigenvalue weighted by Crippen LogP contribution is 2.15. The van der Waals surface area contributed by atoms with E-state index in [1.807, 2.05) is 31.2 Å². The van der Waals surface area contributed by atoms with E-state index in [0.29, 0.717) is 24.3 Å². The molecule has 1 aromatic carbocycles. The van der Waals surface area contributed by atoms with E-state index in [0.717, 1.165) is 16.5 Å². The van der Waals surface area contributed by atoms with Gasteiger partial charge in [-0.05, 0) is 42.6 Å². The van der Waals surface area contributed by atoms with Gasteiger partial charge >= 0.3 is 0 Å². The summed E-state index contributed by atoms with van der Waals surface area (Å²) in [6.07, 6.45) is 3.14. The first kappa shape index (κ1) is 17.8. The summed E-state index contributed by atoms with van der Waals surface area (Å²) in [7, 11) is 1.58. The number of methoxy groups -OCH3 is 1. The molecule has 0 spiro atoms. The zero-order valence-corrected chi connectivity index (χ0v) is 14.9. The van der Waals surface area contributed by atoms with Crippen molar-refractivity contribution >= 4 is 16.8 Å². The molecule has 0 unspecified atom stereocenters. The summed E-state index contributed by atoms with van der Waals surface area (Å²) in [6.45, 7) is 2.98. The van der Waals surface area contributed by atoms with Crippen molar-refractivity contribution in [3.8, 4) is 0 Å². The van der Waals surface area contributed by atoms with Crippen molar-refractivity contribution in [3.05, 3.63) is 75.8 Å². The summed E-state index contributed by atoms with van der Waals surface area (Å²) in [6, 6.07) is 11.1. The van der Waals surface area contributed by atoms with Crippen molar-refractivity contribution < 1.29 is 9.53 Å². The molecule has 3 rings (SSSR count). The Morgan fingerprint density at radius 3 is 2.85 bits per heavy atom. The zero-order valence-electron chi connectivity index (χ0n) is 14.9. The molecule has 0 radical (unpaired) electrons. The van der Waals surface area contributed by atoms with Crippen molar-refractivity contribution in [2.45, 2.75) is 13.5 Å². The fraction of sp³-hybridized carbons (Fsp3) is 0.250. The molecule has 0 atom stereocenters. The lowest BCUT2D eigenvalue weighted by Gasteiger charge is -2.22. The number of carbonyl (C=O) groups is 1. The second-order valence-corrected chi connectivity index (χ2v) is 6.18. The maximum Gasteiger partial charge on any atom is 0.255 e. The van der Waals surface area contributed by atoms with E-state index in [9.17, 15) is 9.59 Å². The number of ether oxygens (including phenoxy) is 1. The average molecular weight is 351 g/mol. The van der Waals surface area contributed by atoms with Crippen molar-refractivity contribution in [2.24, 2.45) is 0 Å². The molecule has 0 fully saturated rings. The number of aromatic nitrogens is 2. The standard InChI is InChI=1S/C20H21N3O3/c1-14-5-6-18-16(10-14)11-17(19(24)22-18)13-23(8-9-26-2)20(25)15-4-3-7-21-12-15/h3-7,10-12H,8-9,13H2,1-2H3,(H,22,24). The number of hydrogen-bond donors (Lipinski definition) is 1. The predicted molar refractivity (Wildman–Crippen MR) is 100 cm³/mol. The van der Waals surface area contributed by atoms with Gasteiger partial charge in [-0.15, -0.1) is 0 Å². The number of aryl methyl sites for hydroxylation is 1. The normalized spacial score (nSPS) is 10.8. The van der Waals surface area contributed by atoms with Gasteiger partial charge in [0.1, 0.15) is 0 Å². The van der Waals surface area contributed by atoms with Gasteiger partial charge in [-0.3, -0.25) is 14.6 Å². The number of rotatable bonds is 6. The molecule has 0 saturated heterocycles. The Bertz CT molecular complexity index is 967. The van der Waals surface area contributed by atoms with Gasteiger partial charge in [0.25, 0.3) is 11.5 Å². The minimum absolute atomic E-state index is 0.182. The highest BCUT2D eigenvalue weighted by molar-refractivity contribution is 5.93. The van der Waals surface area contributed by atoms with Gasteiger partial charge in [-0.25, -0.2) is 0 Å². The number of nitrogens with zero attached hydrogens (tertiary/aromatic N) is 2. The molecule has 2 heterocycles. The molecule has 0 aliphatic heterocycles. The summed E-state index contributed by atoms with van der Waals surface area (Å²) in [5.41, 5.74) is 2.72. The van der Waals surface area contributed by atoms with Crippen molar-refractivity contribution in [2.75, 3.05) is 20.3 Å². The van der Waals surface area contributed by atoms with Crippen LogP contribution in [0.25, 0.3) is 10.9 Å². The molecule has 1 N–H and O–H groups in total. The number of H-pyrrole nitrogens is 1. The number of pyridine rings is 2. The minimum Gasteiger partial charge on any atom is -0.383 e. The molecule has 0 bridgehead atoms. The van der Waals surface area contributed by atoms with Gasteiger partial charge in [0, 0.05) is 37.1 Å². The molecule has 6 nitrogen and oxygen atoms in total. The topological polar surface area (TPSA) is 75.3 Å². The monoisotopic (exact) mass is 351 g/mol. The Morgan fingerprint density at radius 2 is 2.12 bits per heavy atom. The molecule has 0 aliphatic rings. The number of amides is 1. The van der Waals surface area contributed by atoms with Gasteiger partial charge in [0.05, 0.1) is 18.7 Å². The third-order valence-electron chi connectivity index (χ3n) is 4.20. The number of aromatic amines is 1. The summed E-state index contributed by atoms with van der Waals surface area (Å²) in [5.74, 6) is -0.182. The highest BCUT2D eigenvalue weighted by Gasteiger charge is 2.18. The fourth-order valence-corrected chi connectivity index (χ4v) is 2.82. The molecule has 26 heavy (non-hydrogen) atoms. The van der Waals surface area contributed by atoms with E-state index in [-0.39, 0.29) is 18.0 Å². The average Bonchev–Trinajstić information content (AvgIpc) is 2.66. The van der Waals surface area contributed by atoms with Crippen LogP contribution in [-0.4, -0.2) is 41.0 Å². The number of fused-ring (bicyclic) bond motifs is 1. The van der Waals surface area contributed by atoms with Gasteiger partial charge in [0.2, 0.25) is 0 Å². The van der Waals surface area contributed by atoms with Crippen LogP contribution in [0.3, 0.4) is 0 Å². The largest absolute Gasteiger partial charge is 0.383 e. The van der Waals surface area contributed by atoms with Crippen LogP contribution in [0.2, 0.25) is 0 Å². The summed E-state index contributed by atoms with van der Waals surface area (Å²) >= 11 is 0. The number of carbonyl (C=O) groups excluding carboxylic acids is 1. The second kappa shape index (κ2) is 7.93. The minimum atomic E-state index is -0.192. The third kappa shape index (κ3) is 3.97. The van der Waals surface area contributed by atoms with Gasteiger partial charge in [0.15, 0.2) is 0 Å². The van der Waals surface area contributed by atoms with E-state index in [1.54, 1.807) is 30.3 Å². The van der Waals surface area contributed by atoms with Crippen molar-refractivity contribution in [1.29, 1.82) is 0 Å². The Hall–Kier alpha value is -2.99. The Balaban J connectivity index is 1.93. The molecule has 2 aromatic heterocycles. The zero-order chi connectivity index (χ0) is 18.5. The molecule has 3 aromatic rings. The van der Waals surface area contributed by atoms with E-state index in [4.69, 9.17) is 4.74 Å². The smallest absolute Gasteiger partial charge is 0.255 e. The Kier molecular flexibility index (Phi) is 5.43. The molecule has 6 heteroatoms. The van der Waals surface area contributed by atoms with Crippen LogP contribution < -0.4 is 5.56 Å². The first-order valence-corrected chi connectivity index (χ1v) is 8.39. The molecule has 0 saturated carbocycles. The lowest BCUT2D eigenvalue weighted by atomic mass is 10.1.